The lowest BCUT2D eigenvalue weighted by atomic mass is 10.0. The van der Waals surface area contributed by atoms with Crippen LogP contribution in [0.25, 0.3) is 0 Å². The number of carbonyl (C=O) groups is 1. The Morgan fingerprint density at radius 2 is 2.00 bits per heavy atom. The first-order valence-electron chi connectivity index (χ1n) is 7.85. The van der Waals surface area contributed by atoms with Crippen molar-refractivity contribution >= 4 is 5.91 Å². The molecule has 0 bridgehead atoms. The molecule has 2 N–H and O–H groups in total. The summed E-state index contributed by atoms with van der Waals surface area (Å²) in [6, 6.07) is 3.36. The predicted octanol–water partition coefficient (Wildman–Crippen LogP) is 1.57. The molecule has 1 aliphatic heterocycles. The molecule has 1 heterocycles. The molecule has 0 saturated carbocycles. The van der Waals surface area contributed by atoms with Gasteiger partial charge < -0.3 is 24.8 Å². The fraction of sp³-hybridized carbons (Fsp3) is 0.588. The third-order valence-corrected chi connectivity index (χ3v) is 4.20. The maximum atomic E-state index is 12.5. The Morgan fingerprint density at radius 3 is 2.61 bits per heavy atom. The van der Waals surface area contributed by atoms with Gasteiger partial charge in [0.05, 0.1) is 33.0 Å². The van der Waals surface area contributed by atoms with Crippen LogP contribution in [0.5, 0.6) is 11.5 Å². The van der Waals surface area contributed by atoms with E-state index in [4.69, 9.17) is 14.2 Å². The maximum absolute atomic E-state index is 12.5. The highest BCUT2D eigenvalue weighted by Crippen LogP contribution is 2.32. The summed E-state index contributed by atoms with van der Waals surface area (Å²) in [7, 11) is 3.21. The molecule has 1 amide bonds. The highest BCUT2D eigenvalue weighted by Gasteiger charge is 2.29. The molecule has 1 aromatic carbocycles. The standard InChI is InChI=1S/C17H26N2O4/c1-10-8-14(21-4)15(22-5)9-13(10)11(2)19-17(20)16-12(3)23-7-6-18-16/h8-9,11-12,16,18H,6-7H2,1-5H3,(H,19,20)/t11?,12-,16+/m1/s1. The van der Waals surface area contributed by atoms with Crippen molar-refractivity contribution < 1.29 is 19.0 Å². The van der Waals surface area contributed by atoms with Gasteiger partial charge in [-0.15, -0.1) is 0 Å². The Balaban J connectivity index is 2.13. The average Bonchev–Trinajstić information content (AvgIpc) is 2.54. The summed E-state index contributed by atoms with van der Waals surface area (Å²) >= 11 is 0. The molecule has 128 valence electrons. The van der Waals surface area contributed by atoms with E-state index in [2.05, 4.69) is 10.6 Å². The van der Waals surface area contributed by atoms with Crippen LogP contribution in [0.3, 0.4) is 0 Å². The summed E-state index contributed by atoms with van der Waals surface area (Å²) < 4.78 is 16.2. The molecular formula is C17H26N2O4. The molecule has 1 aromatic rings. The zero-order chi connectivity index (χ0) is 17.0. The molecule has 0 aliphatic carbocycles. The van der Waals surface area contributed by atoms with Crippen molar-refractivity contribution in [3.8, 4) is 11.5 Å². The summed E-state index contributed by atoms with van der Waals surface area (Å²) in [5.74, 6) is 1.28. The van der Waals surface area contributed by atoms with E-state index >= 15 is 0 Å². The maximum Gasteiger partial charge on any atom is 0.240 e. The lowest BCUT2D eigenvalue weighted by Crippen LogP contribution is -2.55. The van der Waals surface area contributed by atoms with Crippen molar-refractivity contribution in [2.75, 3.05) is 27.4 Å². The molecule has 6 nitrogen and oxygen atoms in total. The van der Waals surface area contributed by atoms with E-state index in [1.54, 1.807) is 14.2 Å². The minimum atomic E-state index is -0.327. The van der Waals surface area contributed by atoms with Gasteiger partial charge in [-0.1, -0.05) is 0 Å². The van der Waals surface area contributed by atoms with Crippen LogP contribution in [0.1, 0.15) is 31.0 Å². The smallest absolute Gasteiger partial charge is 0.240 e. The van der Waals surface area contributed by atoms with Crippen LogP contribution in [0.4, 0.5) is 0 Å². The number of rotatable bonds is 5. The van der Waals surface area contributed by atoms with Crippen LogP contribution in [-0.2, 0) is 9.53 Å². The SMILES string of the molecule is COc1cc(C)c(C(C)NC(=O)[C@H]2NCCO[C@@H]2C)cc1OC. The number of nitrogens with one attached hydrogen (secondary N) is 2. The van der Waals surface area contributed by atoms with Crippen LogP contribution >= 0.6 is 0 Å². The number of hydrogen-bond donors (Lipinski definition) is 2. The normalized spacial score (nSPS) is 22.3. The number of amides is 1. The molecule has 6 heteroatoms. The van der Waals surface area contributed by atoms with Crippen molar-refractivity contribution in [3.05, 3.63) is 23.3 Å². The Morgan fingerprint density at radius 1 is 1.35 bits per heavy atom. The summed E-state index contributed by atoms with van der Waals surface area (Å²) in [5.41, 5.74) is 2.04. The number of methoxy groups -OCH3 is 2. The first-order chi connectivity index (χ1) is 11.0. The van der Waals surface area contributed by atoms with E-state index in [1.807, 2.05) is 32.9 Å². The van der Waals surface area contributed by atoms with Crippen LogP contribution in [0, 0.1) is 6.92 Å². The van der Waals surface area contributed by atoms with Crippen molar-refractivity contribution in [1.29, 1.82) is 0 Å². The van der Waals surface area contributed by atoms with Crippen LogP contribution in [0.15, 0.2) is 12.1 Å². The Bertz CT molecular complexity index is 562. The van der Waals surface area contributed by atoms with Gasteiger partial charge in [0.15, 0.2) is 11.5 Å². The molecule has 23 heavy (non-hydrogen) atoms. The minimum Gasteiger partial charge on any atom is -0.493 e. The number of benzene rings is 1. The quantitative estimate of drug-likeness (QED) is 0.861. The molecule has 3 atom stereocenters. The van der Waals surface area contributed by atoms with Crippen LogP contribution in [-0.4, -0.2) is 45.4 Å². The van der Waals surface area contributed by atoms with Gasteiger partial charge in [0.25, 0.3) is 0 Å². The number of morpholine rings is 1. The van der Waals surface area contributed by atoms with Crippen LogP contribution < -0.4 is 20.1 Å². The largest absolute Gasteiger partial charge is 0.493 e. The number of ether oxygens (including phenoxy) is 3. The fourth-order valence-electron chi connectivity index (χ4n) is 2.87. The van der Waals surface area contributed by atoms with E-state index in [1.165, 1.54) is 0 Å². The highest BCUT2D eigenvalue weighted by atomic mass is 16.5. The predicted molar refractivity (Wildman–Crippen MR) is 88.0 cm³/mol. The molecule has 0 aromatic heterocycles. The minimum absolute atomic E-state index is 0.0566. The van der Waals surface area contributed by atoms with Crippen molar-refractivity contribution in [3.63, 3.8) is 0 Å². The third kappa shape index (κ3) is 3.95. The van der Waals surface area contributed by atoms with Crippen molar-refractivity contribution in [1.82, 2.24) is 10.6 Å². The van der Waals surface area contributed by atoms with Gasteiger partial charge in [-0.3, -0.25) is 4.79 Å². The molecule has 1 saturated heterocycles. The number of aryl methyl sites for hydroxylation is 1. The van der Waals surface area contributed by atoms with Crippen LogP contribution in [0.2, 0.25) is 0 Å². The topological polar surface area (TPSA) is 68.8 Å². The van der Waals surface area contributed by atoms with Gasteiger partial charge in [-0.05, 0) is 44.0 Å². The van der Waals surface area contributed by atoms with E-state index in [9.17, 15) is 4.79 Å². The van der Waals surface area contributed by atoms with Crippen molar-refractivity contribution in [2.45, 2.75) is 39.0 Å². The molecule has 2 rings (SSSR count). The first kappa shape index (κ1) is 17.6. The second kappa shape index (κ2) is 7.66. The van der Waals surface area contributed by atoms with Gasteiger partial charge in [-0.25, -0.2) is 0 Å². The lowest BCUT2D eigenvalue weighted by molar-refractivity contribution is -0.129. The fourth-order valence-corrected chi connectivity index (χ4v) is 2.87. The number of carbonyl (C=O) groups excluding carboxylic acids is 1. The zero-order valence-electron chi connectivity index (χ0n) is 14.4. The highest BCUT2D eigenvalue weighted by molar-refractivity contribution is 5.83. The third-order valence-electron chi connectivity index (χ3n) is 4.20. The molecular weight excluding hydrogens is 296 g/mol. The van der Waals surface area contributed by atoms with Gasteiger partial charge in [0, 0.05) is 6.54 Å². The Hall–Kier alpha value is -1.79. The average molecular weight is 322 g/mol. The van der Waals surface area contributed by atoms with Gasteiger partial charge >= 0.3 is 0 Å². The Kier molecular flexibility index (Phi) is 5.85. The summed E-state index contributed by atoms with van der Waals surface area (Å²) in [4.78, 5) is 12.5. The van der Waals surface area contributed by atoms with E-state index < -0.39 is 0 Å². The second-order valence-corrected chi connectivity index (χ2v) is 5.80. The van der Waals surface area contributed by atoms with E-state index in [0.29, 0.717) is 24.7 Å². The molecule has 1 unspecified atom stereocenters. The molecule has 0 radical (unpaired) electrons. The Labute approximate surface area is 137 Å². The molecule has 0 spiro atoms. The summed E-state index contributed by atoms with van der Waals surface area (Å²) in [6.45, 7) is 7.18. The lowest BCUT2D eigenvalue weighted by Gasteiger charge is -2.30. The molecule has 1 aliphatic rings. The van der Waals surface area contributed by atoms with Gasteiger partial charge in [0.2, 0.25) is 5.91 Å². The van der Waals surface area contributed by atoms with E-state index in [-0.39, 0.29) is 24.1 Å². The molecule has 1 fully saturated rings. The zero-order valence-corrected chi connectivity index (χ0v) is 14.4. The number of hydrogen-bond acceptors (Lipinski definition) is 5. The second-order valence-electron chi connectivity index (χ2n) is 5.80. The van der Waals surface area contributed by atoms with Gasteiger partial charge in [-0.2, -0.15) is 0 Å². The summed E-state index contributed by atoms with van der Waals surface area (Å²) in [6.07, 6.45) is -0.137. The van der Waals surface area contributed by atoms with E-state index in [0.717, 1.165) is 11.1 Å². The first-order valence-corrected chi connectivity index (χ1v) is 7.85. The monoisotopic (exact) mass is 322 g/mol. The van der Waals surface area contributed by atoms with Crippen molar-refractivity contribution in [2.24, 2.45) is 0 Å². The van der Waals surface area contributed by atoms with Gasteiger partial charge in [0.1, 0.15) is 6.04 Å². The summed E-state index contributed by atoms with van der Waals surface area (Å²) in [5, 5.41) is 6.25.